The lowest BCUT2D eigenvalue weighted by molar-refractivity contribution is 1.13. The molecule has 0 saturated heterocycles. The van der Waals surface area contributed by atoms with Crippen LogP contribution in [-0.2, 0) is 0 Å². The summed E-state index contributed by atoms with van der Waals surface area (Å²) in [6.07, 6.45) is 3.24. The van der Waals surface area contributed by atoms with Crippen LogP contribution < -0.4 is 0 Å². The van der Waals surface area contributed by atoms with E-state index < -0.39 is 0 Å². The lowest BCUT2D eigenvalue weighted by Gasteiger charge is -2.09. The Balaban J connectivity index is 2.23. The van der Waals surface area contributed by atoms with Gasteiger partial charge in [-0.05, 0) is 32.0 Å². The molecular weight excluding hydrogens is 307 g/mol. The monoisotopic (exact) mass is 318 g/mol. The maximum atomic E-state index is 6.30. The van der Waals surface area contributed by atoms with Crippen molar-refractivity contribution in [2.45, 2.75) is 13.8 Å². The molecule has 0 unspecified atom stereocenters. The molecule has 0 fully saturated rings. The van der Waals surface area contributed by atoms with Gasteiger partial charge in [0.05, 0.1) is 16.4 Å². The third-order valence-electron chi connectivity index (χ3n) is 3.16. The zero-order valence-corrected chi connectivity index (χ0v) is 13.0. The van der Waals surface area contributed by atoms with Crippen molar-refractivity contribution < 1.29 is 0 Å². The first-order valence-corrected chi connectivity index (χ1v) is 7.11. The highest BCUT2D eigenvalue weighted by Gasteiger charge is 2.16. The summed E-state index contributed by atoms with van der Waals surface area (Å²) in [5.41, 5.74) is 4.17. The highest BCUT2D eigenvalue weighted by Crippen LogP contribution is 2.35. The molecular formula is C15H12Cl2N4. The highest BCUT2D eigenvalue weighted by atomic mass is 35.5. The molecule has 0 radical (unpaired) electrons. The predicted octanol–water partition coefficient (Wildman–Crippen LogP) is 4.46. The summed E-state index contributed by atoms with van der Waals surface area (Å²) in [7, 11) is 0. The molecule has 0 amide bonds. The second kappa shape index (κ2) is 5.47. The molecule has 4 nitrogen and oxygen atoms in total. The number of hydrogen-bond donors (Lipinski definition) is 1. The number of rotatable bonds is 2. The SMILES string of the molecule is Cc1nc(-c2cncnc2-c2ccc(Cl)cc2Cl)c(C)[nH]1. The summed E-state index contributed by atoms with van der Waals surface area (Å²) in [5, 5.41) is 1.14. The van der Waals surface area contributed by atoms with Gasteiger partial charge in [0.1, 0.15) is 12.2 Å². The second-order valence-corrected chi connectivity index (χ2v) is 5.55. The maximum absolute atomic E-state index is 6.30. The van der Waals surface area contributed by atoms with Crippen LogP contribution in [0.25, 0.3) is 22.5 Å². The van der Waals surface area contributed by atoms with E-state index >= 15 is 0 Å². The number of nitrogens with one attached hydrogen (secondary N) is 1. The average molecular weight is 319 g/mol. The number of imidazole rings is 1. The van der Waals surface area contributed by atoms with Crippen LogP contribution in [0.2, 0.25) is 10.0 Å². The van der Waals surface area contributed by atoms with Gasteiger partial charge in [-0.1, -0.05) is 23.2 Å². The van der Waals surface area contributed by atoms with Crippen molar-refractivity contribution in [3.8, 4) is 22.5 Å². The number of benzene rings is 1. The number of aryl methyl sites for hydroxylation is 2. The first-order valence-electron chi connectivity index (χ1n) is 6.35. The van der Waals surface area contributed by atoms with E-state index in [1.807, 2.05) is 19.9 Å². The quantitative estimate of drug-likeness (QED) is 0.759. The largest absolute Gasteiger partial charge is 0.346 e. The van der Waals surface area contributed by atoms with Crippen molar-refractivity contribution in [1.82, 2.24) is 19.9 Å². The zero-order chi connectivity index (χ0) is 15.0. The number of H-pyrrole nitrogens is 1. The first kappa shape index (κ1) is 14.0. The van der Waals surface area contributed by atoms with Crippen LogP contribution in [-0.4, -0.2) is 19.9 Å². The molecule has 2 heterocycles. The third-order valence-corrected chi connectivity index (χ3v) is 3.70. The minimum atomic E-state index is 0.548. The first-order chi connectivity index (χ1) is 10.1. The van der Waals surface area contributed by atoms with Gasteiger partial charge in [-0.25, -0.2) is 15.0 Å². The normalized spacial score (nSPS) is 10.9. The number of hydrogen-bond acceptors (Lipinski definition) is 3. The Labute approximate surface area is 132 Å². The summed E-state index contributed by atoms with van der Waals surface area (Å²) in [6.45, 7) is 3.88. The molecule has 0 bridgehead atoms. The Morgan fingerprint density at radius 1 is 1.05 bits per heavy atom. The lowest BCUT2D eigenvalue weighted by Crippen LogP contribution is -1.93. The van der Waals surface area contributed by atoms with Crippen molar-refractivity contribution in [2.75, 3.05) is 0 Å². The van der Waals surface area contributed by atoms with Crippen molar-refractivity contribution in [3.05, 3.63) is 52.3 Å². The molecule has 0 saturated carbocycles. The van der Waals surface area contributed by atoms with Gasteiger partial charge in [0.2, 0.25) is 0 Å². The Morgan fingerprint density at radius 2 is 1.86 bits per heavy atom. The molecule has 0 spiro atoms. The molecule has 106 valence electrons. The van der Waals surface area contributed by atoms with E-state index in [4.69, 9.17) is 23.2 Å². The number of nitrogens with zero attached hydrogens (tertiary/aromatic N) is 3. The van der Waals surface area contributed by atoms with E-state index in [1.165, 1.54) is 6.33 Å². The van der Waals surface area contributed by atoms with E-state index in [9.17, 15) is 0 Å². The fraction of sp³-hybridized carbons (Fsp3) is 0.133. The lowest BCUT2D eigenvalue weighted by atomic mass is 10.0. The van der Waals surface area contributed by atoms with Crippen LogP contribution in [0.5, 0.6) is 0 Å². The summed E-state index contributed by atoms with van der Waals surface area (Å²) < 4.78 is 0. The molecule has 1 N–H and O–H groups in total. The van der Waals surface area contributed by atoms with Crippen molar-refractivity contribution in [2.24, 2.45) is 0 Å². The highest BCUT2D eigenvalue weighted by molar-refractivity contribution is 6.36. The van der Waals surface area contributed by atoms with Crippen LogP contribution in [0.15, 0.2) is 30.7 Å². The van der Waals surface area contributed by atoms with Crippen LogP contribution in [0, 0.1) is 13.8 Å². The Hall–Kier alpha value is -1.91. The van der Waals surface area contributed by atoms with E-state index in [0.717, 1.165) is 34.0 Å². The molecule has 2 aromatic heterocycles. The number of halogens is 2. The average Bonchev–Trinajstić information content (AvgIpc) is 2.78. The van der Waals surface area contributed by atoms with Gasteiger partial charge in [0.25, 0.3) is 0 Å². The molecule has 0 aliphatic carbocycles. The molecule has 0 aliphatic rings. The second-order valence-electron chi connectivity index (χ2n) is 4.71. The van der Waals surface area contributed by atoms with Crippen LogP contribution in [0.4, 0.5) is 0 Å². The number of aromatic nitrogens is 4. The summed E-state index contributed by atoms with van der Waals surface area (Å²) in [4.78, 5) is 16.2. The van der Waals surface area contributed by atoms with Gasteiger partial charge < -0.3 is 4.98 Å². The molecule has 3 aromatic rings. The van der Waals surface area contributed by atoms with Gasteiger partial charge in [-0.15, -0.1) is 0 Å². The minimum absolute atomic E-state index is 0.548. The van der Waals surface area contributed by atoms with E-state index in [1.54, 1.807) is 18.3 Å². The summed E-state index contributed by atoms with van der Waals surface area (Å²) in [6, 6.07) is 5.34. The molecule has 0 atom stereocenters. The number of aromatic amines is 1. The maximum Gasteiger partial charge on any atom is 0.116 e. The van der Waals surface area contributed by atoms with Crippen LogP contribution in [0.3, 0.4) is 0 Å². The topological polar surface area (TPSA) is 54.5 Å². The van der Waals surface area contributed by atoms with Crippen molar-refractivity contribution in [3.63, 3.8) is 0 Å². The molecule has 1 aromatic carbocycles. The van der Waals surface area contributed by atoms with Gasteiger partial charge in [-0.3, -0.25) is 0 Å². The summed E-state index contributed by atoms with van der Waals surface area (Å²) >= 11 is 12.3. The van der Waals surface area contributed by atoms with E-state index in [-0.39, 0.29) is 0 Å². The van der Waals surface area contributed by atoms with E-state index in [0.29, 0.717) is 10.0 Å². The molecule has 3 rings (SSSR count). The van der Waals surface area contributed by atoms with Crippen molar-refractivity contribution in [1.29, 1.82) is 0 Å². The van der Waals surface area contributed by atoms with Crippen LogP contribution in [0.1, 0.15) is 11.5 Å². The van der Waals surface area contributed by atoms with E-state index in [2.05, 4.69) is 19.9 Å². The zero-order valence-electron chi connectivity index (χ0n) is 11.5. The van der Waals surface area contributed by atoms with Gasteiger partial charge in [0, 0.05) is 28.0 Å². The fourth-order valence-corrected chi connectivity index (χ4v) is 2.77. The Morgan fingerprint density at radius 3 is 2.52 bits per heavy atom. The third kappa shape index (κ3) is 2.64. The fourth-order valence-electron chi connectivity index (χ4n) is 2.27. The van der Waals surface area contributed by atoms with Gasteiger partial charge >= 0.3 is 0 Å². The minimum Gasteiger partial charge on any atom is -0.346 e. The molecule has 21 heavy (non-hydrogen) atoms. The molecule has 6 heteroatoms. The summed E-state index contributed by atoms with van der Waals surface area (Å²) in [5.74, 6) is 0.847. The van der Waals surface area contributed by atoms with Crippen LogP contribution >= 0.6 is 23.2 Å². The standard InChI is InChI=1S/C15H12Cl2N4/c1-8-14(21-9(2)20-8)12-6-18-7-19-15(12)11-4-3-10(16)5-13(11)17/h3-7H,1-2H3,(H,20,21). The van der Waals surface area contributed by atoms with Crippen molar-refractivity contribution >= 4 is 23.2 Å². The Bertz CT molecular complexity index is 811. The smallest absolute Gasteiger partial charge is 0.116 e. The van der Waals surface area contributed by atoms with Gasteiger partial charge in [-0.2, -0.15) is 0 Å². The Kier molecular flexibility index (Phi) is 3.66. The molecule has 0 aliphatic heterocycles. The van der Waals surface area contributed by atoms with Gasteiger partial charge in [0.15, 0.2) is 0 Å². The predicted molar refractivity (Wildman–Crippen MR) is 84.5 cm³/mol.